The number of rotatable bonds is 5. The Morgan fingerprint density at radius 1 is 1.00 bits per heavy atom. The zero-order chi connectivity index (χ0) is 20.8. The summed E-state index contributed by atoms with van der Waals surface area (Å²) in [5, 5.41) is 16.5. The molecule has 30 heavy (non-hydrogen) atoms. The summed E-state index contributed by atoms with van der Waals surface area (Å²) in [6.45, 7) is 3.04. The summed E-state index contributed by atoms with van der Waals surface area (Å²) in [4.78, 5) is 14.3. The summed E-state index contributed by atoms with van der Waals surface area (Å²) in [7, 11) is 0. The molecule has 1 fully saturated rings. The minimum absolute atomic E-state index is 0.118. The fraction of sp³-hybridized carbons (Fsp3) is 0.190. The fourth-order valence-electron chi connectivity index (χ4n) is 3.04. The second-order valence-corrected chi connectivity index (χ2v) is 6.66. The summed E-state index contributed by atoms with van der Waals surface area (Å²) in [6, 6.07) is 14.5. The van der Waals surface area contributed by atoms with Crippen LogP contribution in [0.5, 0.6) is 0 Å². The summed E-state index contributed by atoms with van der Waals surface area (Å²) in [5.41, 5.74) is 2.47. The molecule has 4 rings (SSSR count). The van der Waals surface area contributed by atoms with E-state index < -0.39 is 11.8 Å². The lowest BCUT2D eigenvalue weighted by Gasteiger charge is -2.28. The van der Waals surface area contributed by atoms with E-state index in [-0.39, 0.29) is 5.69 Å². The molecule has 2 aromatic carbocycles. The predicted molar refractivity (Wildman–Crippen MR) is 114 cm³/mol. The van der Waals surface area contributed by atoms with Crippen molar-refractivity contribution in [2.75, 3.05) is 47.2 Å². The number of morpholine rings is 1. The van der Waals surface area contributed by atoms with Gasteiger partial charge in [0.25, 0.3) is 0 Å². The zero-order valence-electron chi connectivity index (χ0n) is 16.1. The van der Waals surface area contributed by atoms with Crippen LogP contribution in [-0.2, 0) is 4.74 Å². The van der Waals surface area contributed by atoms with Crippen LogP contribution in [0, 0.1) is 5.82 Å². The van der Waals surface area contributed by atoms with Crippen LogP contribution in [0.2, 0.25) is 0 Å². The van der Waals surface area contributed by atoms with Crippen molar-refractivity contribution in [2.45, 2.75) is 0 Å². The van der Waals surface area contributed by atoms with E-state index >= 15 is 0 Å². The summed E-state index contributed by atoms with van der Waals surface area (Å²) < 4.78 is 19.0. The van der Waals surface area contributed by atoms with Crippen LogP contribution < -0.4 is 20.9 Å². The number of halogens is 1. The van der Waals surface area contributed by atoms with Crippen LogP contribution in [-0.4, -0.2) is 42.5 Å². The molecule has 1 saturated heterocycles. The van der Waals surface area contributed by atoms with Gasteiger partial charge in [0, 0.05) is 30.5 Å². The summed E-state index contributed by atoms with van der Waals surface area (Å²) in [6.07, 6.45) is 1.73. The average molecular weight is 408 g/mol. The van der Waals surface area contributed by atoms with Crippen LogP contribution in [0.15, 0.2) is 60.8 Å². The van der Waals surface area contributed by atoms with E-state index in [4.69, 9.17) is 4.74 Å². The first-order valence-electron chi connectivity index (χ1n) is 9.52. The zero-order valence-corrected chi connectivity index (χ0v) is 16.1. The average Bonchev–Trinajstić information content (AvgIpc) is 2.78. The van der Waals surface area contributed by atoms with Gasteiger partial charge in [0.05, 0.1) is 30.8 Å². The Kier molecular flexibility index (Phi) is 6.00. The molecule has 0 atom stereocenters. The smallest absolute Gasteiger partial charge is 0.323 e. The van der Waals surface area contributed by atoms with Crippen LogP contribution in [0.25, 0.3) is 0 Å². The molecule has 154 valence electrons. The third kappa shape index (κ3) is 5.00. The fourth-order valence-corrected chi connectivity index (χ4v) is 3.04. The SMILES string of the molecule is O=C(Nc1ccc(Nc2cc(N3CCOCC3)cnn2)cc1)Nc1ccccc1F. The minimum Gasteiger partial charge on any atom is -0.378 e. The molecule has 3 N–H and O–H groups in total. The van der Waals surface area contributed by atoms with Crippen LogP contribution >= 0.6 is 0 Å². The normalized spacial score (nSPS) is 13.6. The molecule has 0 saturated carbocycles. The number of hydrogen-bond donors (Lipinski definition) is 3. The molecule has 2 heterocycles. The second-order valence-electron chi connectivity index (χ2n) is 6.66. The summed E-state index contributed by atoms with van der Waals surface area (Å²) in [5.74, 6) is 0.129. The number of anilines is 5. The topological polar surface area (TPSA) is 91.4 Å². The van der Waals surface area contributed by atoms with Crippen LogP contribution in [0.3, 0.4) is 0 Å². The van der Waals surface area contributed by atoms with Gasteiger partial charge in [0.1, 0.15) is 5.82 Å². The molecular formula is C21H21FN6O2. The van der Waals surface area contributed by atoms with Crippen molar-refractivity contribution in [3.8, 4) is 0 Å². The maximum atomic E-state index is 13.6. The standard InChI is InChI=1S/C21H21FN6O2/c22-18-3-1-2-4-19(18)26-21(29)25-16-7-5-15(6-8-16)24-20-13-17(14-23-27-20)28-9-11-30-12-10-28/h1-8,13-14H,9-12H2,(H,24,27)(H2,25,26,29). The molecule has 0 radical (unpaired) electrons. The van der Waals surface area contributed by atoms with E-state index in [0.29, 0.717) is 24.7 Å². The van der Waals surface area contributed by atoms with E-state index in [9.17, 15) is 9.18 Å². The van der Waals surface area contributed by atoms with Crippen molar-refractivity contribution in [1.82, 2.24) is 10.2 Å². The van der Waals surface area contributed by atoms with Crippen molar-refractivity contribution < 1.29 is 13.9 Å². The largest absolute Gasteiger partial charge is 0.378 e. The first kappa shape index (κ1) is 19.6. The van der Waals surface area contributed by atoms with Gasteiger partial charge in [0.2, 0.25) is 0 Å². The molecule has 0 spiro atoms. The highest BCUT2D eigenvalue weighted by atomic mass is 19.1. The molecule has 3 aromatic rings. The van der Waals surface area contributed by atoms with Crippen molar-refractivity contribution in [3.63, 3.8) is 0 Å². The van der Waals surface area contributed by atoms with Gasteiger partial charge in [-0.2, -0.15) is 5.10 Å². The molecule has 1 aromatic heterocycles. The Labute approximate surface area is 173 Å². The lowest BCUT2D eigenvalue weighted by molar-refractivity contribution is 0.122. The molecule has 0 bridgehead atoms. The molecule has 0 aliphatic carbocycles. The molecule has 1 aliphatic heterocycles. The van der Waals surface area contributed by atoms with Crippen molar-refractivity contribution in [3.05, 3.63) is 66.6 Å². The molecular weight excluding hydrogens is 387 g/mol. The van der Waals surface area contributed by atoms with E-state index in [1.807, 2.05) is 18.2 Å². The van der Waals surface area contributed by atoms with Gasteiger partial charge in [0.15, 0.2) is 5.82 Å². The number of para-hydroxylation sites is 1. The van der Waals surface area contributed by atoms with E-state index in [1.54, 1.807) is 30.5 Å². The van der Waals surface area contributed by atoms with Crippen molar-refractivity contribution in [1.29, 1.82) is 0 Å². The van der Waals surface area contributed by atoms with Gasteiger partial charge >= 0.3 is 6.03 Å². The number of nitrogens with one attached hydrogen (secondary N) is 3. The molecule has 8 nitrogen and oxygen atoms in total. The van der Waals surface area contributed by atoms with Crippen LogP contribution in [0.4, 0.5) is 37.8 Å². The third-order valence-corrected chi connectivity index (χ3v) is 4.55. The maximum absolute atomic E-state index is 13.6. The quantitative estimate of drug-likeness (QED) is 0.594. The van der Waals surface area contributed by atoms with Crippen molar-refractivity contribution in [2.24, 2.45) is 0 Å². The maximum Gasteiger partial charge on any atom is 0.323 e. The number of urea groups is 1. The predicted octanol–water partition coefficient (Wildman–Crippen LogP) is 3.84. The lowest BCUT2D eigenvalue weighted by Crippen LogP contribution is -2.36. The van der Waals surface area contributed by atoms with E-state index in [2.05, 4.69) is 31.0 Å². The number of hydrogen-bond acceptors (Lipinski definition) is 6. The highest BCUT2D eigenvalue weighted by Crippen LogP contribution is 2.22. The molecule has 2 amide bonds. The van der Waals surface area contributed by atoms with Gasteiger partial charge in [-0.05, 0) is 36.4 Å². The third-order valence-electron chi connectivity index (χ3n) is 4.55. The van der Waals surface area contributed by atoms with Gasteiger partial charge in [-0.1, -0.05) is 12.1 Å². The Balaban J connectivity index is 1.36. The highest BCUT2D eigenvalue weighted by molar-refractivity contribution is 5.99. The number of aromatic nitrogens is 2. The van der Waals surface area contributed by atoms with E-state index in [0.717, 1.165) is 24.5 Å². The Bertz CT molecular complexity index is 1010. The van der Waals surface area contributed by atoms with Gasteiger partial charge in [-0.3, -0.25) is 0 Å². The first-order chi connectivity index (χ1) is 14.7. The summed E-state index contributed by atoms with van der Waals surface area (Å²) >= 11 is 0. The van der Waals surface area contributed by atoms with Crippen LogP contribution in [0.1, 0.15) is 0 Å². The van der Waals surface area contributed by atoms with E-state index in [1.165, 1.54) is 12.1 Å². The van der Waals surface area contributed by atoms with Crippen molar-refractivity contribution >= 4 is 34.6 Å². The number of nitrogens with zero attached hydrogens (tertiary/aromatic N) is 3. The van der Waals surface area contributed by atoms with Gasteiger partial charge in [-0.15, -0.1) is 5.10 Å². The van der Waals surface area contributed by atoms with Gasteiger partial charge < -0.3 is 25.6 Å². The highest BCUT2D eigenvalue weighted by Gasteiger charge is 2.12. The number of ether oxygens (including phenoxy) is 1. The minimum atomic E-state index is -0.523. The monoisotopic (exact) mass is 408 g/mol. The lowest BCUT2D eigenvalue weighted by atomic mass is 10.2. The number of amides is 2. The number of benzene rings is 2. The second kappa shape index (κ2) is 9.19. The molecule has 1 aliphatic rings. The Hall–Kier alpha value is -3.72. The number of carbonyl (C=O) groups is 1. The van der Waals surface area contributed by atoms with Gasteiger partial charge in [-0.25, -0.2) is 9.18 Å². The Morgan fingerprint density at radius 2 is 1.73 bits per heavy atom. The first-order valence-corrected chi connectivity index (χ1v) is 9.52. The molecule has 9 heteroatoms. The molecule has 0 unspecified atom stereocenters. The number of carbonyl (C=O) groups excluding carboxylic acids is 1. The Morgan fingerprint density at radius 3 is 2.50 bits per heavy atom.